The maximum Gasteiger partial charge on any atom is 0.0560 e. The maximum atomic E-state index is 3.65. The van der Waals surface area contributed by atoms with Crippen molar-refractivity contribution in [3.63, 3.8) is 0 Å². The first-order chi connectivity index (χ1) is 9.84. The van der Waals surface area contributed by atoms with E-state index in [0.717, 1.165) is 19.0 Å². The van der Waals surface area contributed by atoms with Gasteiger partial charge in [0.15, 0.2) is 0 Å². The number of fused-ring (bicyclic) bond motifs is 1. The zero-order chi connectivity index (χ0) is 13.8. The van der Waals surface area contributed by atoms with Crippen LogP contribution < -0.4 is 15.9 Å². The number of nitrogens with zero attached hydrogens (tertiary/aromatic N) is 1. The quantitative estimate of drug-likeness (QED) is 0.883. The van der Waals surface area contributed by atoms with Gasteiger partial charge in [0.1, 0.15) is 0 Å². The fourth-order valence-corrected chi connectivity index (χ4v) is 3.35. The summed E-state index contributed by atoms with van der Waals surface area (Å²) in [4.78, 5) is 0. The molecule has 0 aliphatic heterocycles. The molecule has 0 bridgehead atoms. The summed E-state index contributed by atoms with van der Waals surface area (Å²) in [6.45, 7) is 2.11. The van der Waals surface area contributed by atoms with Crippen molar-refractivity contribution in [3.8, 4) is 0 Å². The molecule has 2 nitrogen and oxygen atoms in total. The second-order valence-corrected chi connectivity index (χ2v) is 6.02. The van der Waals surface area contributed by atoms with Crippen LogP contribution in [-0.2, 0) is 13.6 Å². The van der Waals surface area contributed by atoms with Crippen LogP contribution >= 0.6 is 0 Å². The molecule has 1 heterocycles. The molecule has 0 aromatic carbocycles. The van der Waals surface area contributed by atoms with E-state index in [2.05, 4.69) is 41.0 Å². The molecule has 20 heavy (non-hydrogen) atoms. The lowest BCUT2D eigenvalue weighted by Crippen LogP contribution is -2.30. The predicted molar refractivity (Wildman–Crippen MR) is 84.5 cm³/mol. The van der Waals surface area contributed by atoms with E-state index in [9.17, 15) is 0 Å². The van der Waals surface area contributed by atoms with Gasteiger partial charge in [-0.1, -0.05) is 31.4 Å². The molecule has 106 valence electrons. The van der Waals surface area contributed by atoms with Crippen molar-refractivity contribution in [2.24, 2.45) is 13.0 Å². The van der Waals surface area contributed by atoms with Crippen molar-refractivity contribution < 1.29 is 0 Å². The SMILES string of the molecule is Cn1cc(CNCC2CCCCC2)c2c1=CC=CC=C=2. The summed E-state index contributed by atoms with van der Waals surface area (Å²) in [5, 5.41) is 6.15. The summed E-state index contributed by atoms with van der Waals surface area (Å²) in [6, 6.07) is 0. The van der Waals surface area contributed by atoms with Crippen LogP contribution in [0.2, 0.25) is 0 Å². The second-order valence-electron chi connectivity index (χ2n) is 6.02. The van der Waals surface area contributed by atoms with Crippen LogP contribution in [0, 0.1) is 5.92 Å². The average molecular weight is 268 g/mol. The van der Waals surface area contributed by atoms with E-state index in [4.69, 9.17) is 0 Å². The van der Waals surface area contributed by atoms with Gasteiger partial charge < -0.3 is 9.88 Å². The highest BCUT2D eigenvalue weighted by Gasteiger charge is 2.12. The Morgan fingerprint density at radius 3 is 2.95 bits per heavy atom. The molecule has 2 aliphatic rings. The molecule has 1 aromatic heterocycles. The van der Waals surface area contributed by atoms with E-state index in [-0.39, 0.29) is 0 Å². The first-order valence-corrected chi connectivity index (χ1v) is 7.83. The number of hydrogen-bond acceptors (Lipinski definition) is 1. The standard InChI is InChI=1S/C18H24N2/c1-20-14-16(17-10-6-3-7-11-18(17)20)13-19-12-15-8-4-2-5-9-15/h3,6-7,11,14-15,19H,2,4-5,8-9,12-13H2,1H3. The van der Waals surface area contributed by atoms with E-state index >= 15 is 0 Å². The van der Waals surface area contributed by atoms with E-state index in [1.807, 2.05) is 12.2 Å². The van der Waals surface area contributed by atoms with E-state index in [1.54, 1.807) is 0 Å². The van der Waals surface area contributed by atoms with E-state index in [0.29, 0.717) is 0 Å². The van der Waals surface area contributed by atoms with Gasteiger partial charge >= 0.3 is 0 Å². The van der Waals surface area contributed by atoms with Gasteiger partial charge in [-0.25, -0.2) is 0 Å². The first-order valence-electron chi connectivity index (χ1n) is 7.83. The average Bonchev–Trinajstić information content (AvgIpc) is 2.67. The number of rotatable bonds is 4. The van der Waals surface area contributed by atoms with Crippen LogP contribution in [0.4, 0.5) is 0 Å². The number of nitrogens with one attached hydrogen (secondary N) is 1. The Labute approximate surface area is 121 Å². The molecule has 1 aromatic rings. The number of aryl methyl sites for hydroxylation is 1. The lowest BCUT2D eigenvalue weighted by molar-refractivity contribution is 0.342. The van der Waals surface area contributed by atoms with Crippen LogP contribution in [0.3, 0.4) is 0 Å². The third-order valence-electron chi connectivity index (χ3n) is 4.47. The van der Waals surface area contributed by atoms with Crippen LogP contribution in [0.5, 0.6) is 0 Å². The predicted octanol–water partition coefficient (Wildman–Crippen LogP) is 1.98. The van der Waals surface area contributed by atoms with Gasteiger partial charge in [-0.15, -0.1) is 5.73 Å². The highest BCUT2D eigenvalue weighted by atomic mass is 14.9. The Balaban J connectivity index is 1.69. The molecule has 0 amide bonds. The van der Waals surface area contributed by atoms with Crippen LogP contribution in [0.1, 0.15) is 37.7 Å². The first kappa shape index (κ1) is 13.5. The Morgan fingerprint density at radius 1 is 1.25 bits per heavy atom. The summed E-state index contributed by atoms with van der Waals surface area (Å²) < 4.78 is 2.20. The molecule has 0 saturated heterocycles. The van der Waals surface area contributed by atoms with Crippen LogP contribution in [-0.4, -0.2) is 11.1 Å². The largest absolute Gasteiger partial charge is 0.350 e. The minimum atomic E-state index is 0.888. The second kappa shape index (κ2) is 6.30. The maximum absolute atomic E-state index is 3.65. The van der Waals surface area contributed by atoms with Crippen molar-refractivity contribution >= 4 is 11.8 Å². The molecule has 0 atom stereocenters. The van der Waals surface area contributed by atoms with Gasteiger partial charge in [0, 0.05) is 25.0 Å². The summed E-state index contributed by atoms with van der Waals surface area (Å²) in [5.41, 5.74) is 4.76. The van der Waals surface area contributed by atoms with Gasteiger partial charge in [0.2, 0.25) is 0 Å². The minimum Gasteiger partial charge on any atom is -0.350 e. The number of allylic oxidation sites excluding steroid dienone is 3. The van der Waals surface area contributed by atoms with E-state index in [1.165, 1.54) is 48.2 Å². The lowest BCUT2D eigenvalue weighted by atomic mass is 9.89. The topological polar surface area (TPSA) is 17.0 Å². The van der Waals surface area contributed by atoms with Crippen molar-refractivity contribution in [2.75, 3.05) is 6.54 Å². The van der Waals surface area contributed by atoms with Crippen molar-refractivity contribution in [2.45, 2.75) is 38.6 Å². The highest BCUT2D eigenvalue weighted by molar-refractivity contribution is 5.45. The molecule has 0 spiro atoms. The molecular formula is C18H24N2. The fourth-order valence-electron chi connectivity index (χ4n) is 3.35. The van der Waals surface area contributed by atoms with Gasteiger partial charge in [0.25, 0.3) is 0 Å². The van der Waals surface area contributed by atoms with Gasteiger partial charge in [0.05, 0.1) is 5.35 Å². The highest BCUT2D eigenvalue weighted by Crippen LogP contribution is 2.22. The number of aromatic nitrogens is 1. The summed E-state index contributed by atoms with van der Waals surface area (Å²) in [5.74, 6) is 0.888. The summed E-state index contributed by atoms with van der Waals surface area (Å²) >= 11 is 0. The molecule has 2 aliphatic carbocycles. The normalized spacial score (nSPS) is 18.2. The molecule has 0 radical (unpaired) electrons. The smallest absolute Gasteiger partial charge is 0.0560 e. The van der Waals surface area contributed by atoms with Crippen molar-refractivity contribution in [1.82, 2.24) is 9.88 Å². The number of hydrogen-bond donors (Lipinski definition) is 1. The third-order valence-corrected chi connectivity index (χ3v) is 4.47. The molecule has 0 unspecified atom stereocenters. The zero-order valence-corrected chi connectivity index (χ0v) is 12.4. The molecule has 1 N–H and O–H groups in total. The molecule has 3 rings (SSSR count). The Morgan fingerprint density at radius 2 is 2.10 bits per heavy atom. The van der Waals surface area contributed by atoms with Crippen molar-refractivity contribution in [3.05, 3.63) is 40.6 Å². The fraction of sp³-hybridized carbons (Fsp3) is 0.500. The lowest BCUT2D eigenvalue weighted by Gasteiger charge is -2.21. The van der Waals surface area contributed by atoms with Crippen LogP contribution in [0.25, 0.3) is 11.8 Å². The monoisotopic (exact) mass is 268 g/mol. The van der Waals surface area contributed by atoms with Gasteiger partial charge in [-0.3, -0.25) is 0 Å². The molecule has 2 heteroatoms. The summed E-state index contributed by atoms with van der Waals surface area (Å²) in [7, 11) is 2.11. The molecular weight excluding hydrogens is 244 g/mol. The van der Waals surface area contributed by atoms with Crippen molar-refractivity contribution in [1.29, 1.82) is 0 Å². The Hall–Kier alpha value is -1.50. The third kappa shape index (κ3) is 2.98. The molecule has 1 saturated carbocycles. The Kier molecular flexibility index (Phi) is 4.25. The van der Waals surface area contributed by atoms with E-state index < -0.39 is 0 Å². The molecule has 1 fully saturated rings. The Bertz CT molecular complexity index is 636. The van der Waals surface area contributed by atoms with Gasteiger partial charge in [-0.2, -0.15) is 0 Å². The van der Waals surface area contributed by atoms with Crippen LogP contribution in [0.15, 0.2) is 24.4 Å². The summed E-state index contributed by atoms with van der Waals surface area (Å²) in [6.07, 6.45) is 17.6. The minimum absolute atomic E-state index is 0.888. The van der Waals surface area contributed by atoms with Gasteiger partial charge in [-0.05, 0) is 43.0 Å². The zero-order valence-electron chi connectivity index (χ0n) is 12.4.